The molecule has 0 spiro atoms. The van der Waals surface area contributed by atoms with Crippen molar-refractivity contribution in [2.24, 2.45) is 0 Å². The maximum absolute atomic E-state index is 13.3. The van der Waals surface area contributed by atoms with E-state index in [-0.39, 0.29) is 11.8 Å². The van der Waals surface area contributed by atoms with E-state index in [2.05, 4.69) is 25.2 Å². The van der Waals surface area contributed by atoms with Gasteiger partial charge in [0.15, 0.2) is 0 Å². The quantitative estimate of drug-likeness (QED) is 0.615. The van der Waals surface area contributed by atoms with Crippen LogP contribution >= 0.6 is 0 Å². The van der Waals surface area contributed by atoms with Crippen LogP contribution in [0.3, 0.4) is 0 Å². The van der Waals surface area contributed by atoms with Crippen LogP contribution in [0.5, 0.6) is 0 Å². The monoisotopic (exact) mass is 343 g/mol. The van der Waals surface area contributed by atoms with Gasteiger partial charge in [-0.15, -0.1) is 0 Å². The lowest BCUT2D eigenvalue weighted by molar-refractivity contribution is -0.116. The average molecular weight is 343 g/mol. The molecule has 26 heavy (non-hydrogen) atoms. The fourth-order valence-electron chi connectivity index (χ4n) is 3.32. The molecule has 0 saturated carbocycles. The number of anilines is 1. The molecule has 0 radical (unpaired) electrons. The molecule has 3 rings (SSSR count). The third kappa shape index (κ3) is 3.85. The predicted molar refractivity (Wildman–Crippen MR) is 109 cm³/mol. The number of carbonyl (C=O) groups is 1. The molecular weight excluding hydrogens is 318 g/mol. The van der Waals surface area contributed by atoms with Gasteiger partial charge < -0.3 is 5.32 Å². The highest BCUT2D eigenvalue weighted by Crippen LogP contribution is 2.31. The zero-order chi connectivity index (χ0) is 18.5. The Hall–Kier alpha value is -2.87. The molecule has 0 unspecified atom stereocenters. The molecule has 0 heterocycles. The number of aryl methyl sites for hydroxylation is 1. The SMILES string of the molecule is Cc1cccc(C(C)C)c1NC(=O)C(c1ccccc1)c1ccccc1. The van der Waals surface area contributed by atoms with Gasteiger partial charge in [0.05, 0.1) is 5.92 Å². The van der Waals surface area contributed by atoms with E-state index in [0.29, 0.717) is 5.92 Å². The molecule has 0 aromatic heterocycles. The summed E-state index contributed by atoms with van der Waals surface area (Å²) in [5.41, 5.74) is 5.18. The number of hydrogen-bond donors (Lipinski definition) is 1. The number of carbonyl (C=O) groups excluding carboxylic acids is 1. The largest absolute Gasteiger partial charge is 0.325 e. The highest BCUT2D eigenvalue weighted by atomic mass is 16.1. The molecule has 3 aromatic rings. The third-order valence-corrected chi connectivity index (χ3v) is 4.70. The first-order chi connectivity index (χ1) is 12.6. The number of para-hydroxylation sites is 1. The minimum atomic E-state index is -0.336. The van der Waals surface area contributed by atoms with E-state index in [1.54, 1.807) is 0 Å². The van der Waals surface area contributed by atoms with Gasteiger partial charge in [-0.05, 0) is 35.1 Å². The number of rotatable bonds is 5. The standard InChI is InChI=1S/C24H25NO/c1-17(2)21-16-10-11-18(3)23(21)25-24(26)22(19-12-6-4-7-13-19)20-14-8-5-9-15-20/h4-17,22H,1-3H3,(H,25,26). The van der Waals surface area contributed by atoms with Crippen molar-refractivity contribution >= 4 is 11.6 Å². The Bertz CT molecular complexity index is 830. The molecular formula is C24H25NO. The van der Waals surface area contributed by atoms with Gasteiger partial charge >= 0.3 is 0 Å². The Morgan fingerprint density at radius 3 is 1.81 bits per heavy atom. The summed E-state index contributed by atoms with van der Waals surface area (Å²) in [6.45, 7) is 6.34. The minimum absolute atomic E-state index is 0.00130. The van der Waals surface area contributed by atoms with Crippen molar-refractivity contribution < 1.29 is 4.79 Å². The minimum Gasteiger partial charge on any atom is -0.325 e. The van der Waals surface area contributed by atoms with Crippen LogP contribution in [0.1, 0.15) is 47.9 Å². The van der Waals surface area contributed by atoms with Crippen LogP contribution < -0.4 is 5.32 Å². The zero-order valence-corrected chi connectivity index (χ0v) is 15.6. The average Bonchev–Trinajstić information content (AvgIpc) is 2.65. The lowest BCUT2D eigenvalue weighted by Crippen LogP contribution is -2.23. The van der Waals surface area contributed by atoms with Crippen LogP contribution in [0.15, 0.2) is 78.9 Å². The van der Waals surface area contributed by atoms with Crippen molar-refractivity contribution in [2.75, 3.05) is 5.32 Å². The molecule has 0 fully saturated rings. The summed E-state index contributed by atoms with van der Waals surface area (Å²) in [6, 6.07) is 26.1. The van der Waals surface area contributed by atoms with E-state index in [4.69, 9.17) is 0 Å². The fourth-order valence-corrected chi connectivity index (χ4v) is 3.32. The van der Waals surface area contributed by atoms with Gasteiger partial charge in [0.2, 0.25) is 5.91 Å². The second-order valence-corrected chi connectivity index (χ2v) is 6.94. The van der Waals surface area contributed by atoms with Crippen LogP contribution in [0, 0.1) is 6.92 Å². The van der Waals surface area contributed by atoms with Crippen LogP contribution in [0.25, 0.3) is 0 Å². The van der Waals surface area contributed by atoms with E-state index < -0.39 is 0 Å². The second kappa shape index (κ2) is 8.01. The van der Waals surface area contributed by atoms with Crippen molar-refractivity contribution in [3.8, 4) is 0 Å². The van der Waals surface area contributed by atoms with Gasteiger partial charge in [0.1, 0.15) is 0 Å². The fraction of sp³-hybridized carbons (Fsp3) is 0.208. The van der Waals surface area contributed by atoms with Gasteiger partial charge in [0.25, 0.3) is 0 Å². The van der Waals surface area contributed by atoms with E-state index >= 15 is 0 Å². The molecule has 1 N–H and O–H groups in total. The van der Waals surface area contributed by atoms with E-state index in [9.17, 15) is 4.79 Å². The molecule has 3 aromatic carbocycles. The molecule has 0 aliphatic rings. The first-order valence-corrected chi connectivity index (χ1v) is 9.08. The normalized spacial score (nSPS) is 11.0. The first kappa shape index (κ1) is 17.9. The van der Waals surface area contributed by atoms with Crippen LogP contribution in [-0.4, -0.2) is 5.91 Å². The molecule has 1 amide bonds. The first-order valence-electron chi connectivity index (χ1n) is 9.08. The Kier molecular flexibility index (Phi) is 5.52. The molecule has 2 heteroatoms. The molecule has 0 aliphatic carbocycles. The van der Waals surface area contributed by atoms with Crippen molar-refractivity contribution in [2.45, 2.75) is 32.6 Å². The van der Waals surface area contributed by atoms with Crippen molar-refractivity contribution in [3.05, 3.63) is 101 Å². The van der Waals surface area contributed by atoms with Crippen LogP contribution in [0.2, 0.25) is 0 Å². The lowest BCUT2D eigenvalue weighted by Gasteiger charge is -2.21. The summed E-state index contributed by atoms with van der Waals surface area (Å²) in [6.07, 6.45) is 0. The van der Waals surface area contributed by atoms with Crippen LogP contribution in [-0.2, 0) is 4.79 Å². The maximum atomic E-state index is 13.3. The summed E-state index contributed by atoms with van der Waals surface area (Å²) in [5, 5.41) is 3.22. The topological polar surface area (TPSA) is 29.1 Å². The Morgan fingerprint density at radius 2 is 1.31 bits per heavy atom. The Morgan fingerprint density at radius 1 is 0.769 bits per heavy atom. The van der Waals surface area contributed by atoms with Gasteiger partial charge in [0, 0.05) is 5.69 Å². The molecule has 0 bridgehead atoms. The highest BCUT2D eigenvalue weighted by Gasteiger charge is 2.24. The van der Waals surface area contributed by atoms with E-state index in [1.807, 2.05) is 79.7 Å². The molecule has 0 aliphatic heterocycles. The molecule has 0 atom stereocenters. The van der Waals surface area contributed by atoms with Crippen molar-refractivity contribution in [1.29, 1.82) is 0 Å². The van der Waals surface area contributed by atoms with E-state index in [0.717, 1.165) is 22.4 Å². The number of hydrogen-bond acceptors (Lipinski definition) is 1. The van der Waals surface area contributed by atoms with Gasteiger partial charge in [-0.3, -0.25) is 4.79 Å². The Balaban J connectivity index is 2.00. The Labute approximate surface area is 155 Å². The summed E-state index contributed by atoms with van der Waals surface area (Å²) in [5.74, 6) is 0.00715. The molecule has 132 valence electrons. The number of amides is 1. The van der Waals surface area contributed by atoms with Gasteiger partial charge in [-0.25, -0.2) is 0 Å². The smallest absolute Gasteiger partial charge is 0.236 e. The third-order valence-electron chi connectivity index (χ3n) is 4.70. The van der Waals surface area contributed by atoms with Gasteiger partial charge in [-0.1, -0.05) is 92.7 Å². The highest BCUT2D eigenvalue weighted by molar-refractivity contribution is 5.99. The summed E-state index contributed by atoms with van der Waals surface area (Å²) >= 11 is 0. The number of nitrogens with one attached hydrogen (secondary N) is 1. The summed E-state index contributed by atoms with van der Waals surface area (Å²) in [7, 11) is 0. The predicted octanol–water partition coefficient (Wildman–Crippen LogP) is 5.89. The van der Waals surface area contributed by atoms with E-state index in [1.165, 1.54) is 5.56 Å². The lowest BCUT2D eigenvalue weighted by atomic mass is 9.90. The van der Waals surface area contributed by atoms with Gasteiger partial charge in [-0.2, -0.15) is 0 Å². The molecule has 2 nitrogen and oxygen atoms in total. The molecule has 0 saturated heterocycles. The second-order valence-electron chi connectivity index (χ2n) is 6.94. The maximum Gasteiger partial charge on any atom is 0.236 e. The number of benzene rings is 3. The van der Waals surface area contributed by atoms with Crippen molar-refractivity contribution in [3.63, 3.8) is 0 Å². The summed E-state index contributed by atoms with van der Waals surface area (Å²) < 4.78 is 0. The van der Waals surface area contributed by atoms with Crippen molar-refractivity contribution in [1.82, 2.24) is 0 Å². The summed E-state index contributed by atoms with van der Waals surface area (Å²) in [4.78, 5) is 13.3. The zero-order valence-electron chi connectivity index (χ0n) is 15.6. The van der Waals surface area contributed by atoms with Crippen LogP contribution in [0.4, 0.5) is 5.69 Å².